The van der Waals surface area contributed by atoms with Crippen molar-refractivity contribution in [2.45, 2.75) is 154 Å². The number of hydrogen-bond acceptors (Lipinski definition) is 10. The quantitative estimate of drug-likeness (QED) is 0.235. The number of rotatable bonds is 6. The van der Waals surface area contributed by atoms with Gasteiger partial charge in [-0.1, -0.05) is 19.9 Å². The Hall–Kier alpha value is -1.82. The van der Waals surface area contributed by atoms with Crippen molar-refractivity contribution in [1.82, 2.24) is 0 Å². The Balaban J connectivity index is 0.992. The van der Waals surface area contributed by atoms with Gasteiger partial charge in [0.2, 0.25) is 0 Å². The second-order valence-electron chi connectivity index (χ2n) is 16.2. The van der Waals surface area contributed by atoms with E-state index in [9.17, 15) is 19.8 Å². The van der Waals surface area contributed by atoms with E-state index in [0.29, 0.717) is 24.9 Å². The van der Waals surface area contributed by atoms with Crippen molar-refractivity contribution in [1.29, 1.82) is 0 Å². The average molecular weight is 659 g/mol. The Morgan fingerprint density at radius 2 is 1.74 bits per heavy atom. The molecule has 1 saturated heterocycles. The van der Waals surface area contributed by atoms with E-state index in [1.54, 1.807) is 25.2 Å². The SMILES string of the molecule is CC(=O)O[C@H]1C[C@H](O[C@H]2CC[C@@]3(C)[C@H](CC[C@@H]4[C@@H]3CC[C@]3(C)[C@@H](C5=CC(=O)OC5)CC[C@]43O)C2)O[C@H](C)[C@H]1O[C@H]1C=C[C@H](O)[C@@H](C)O1. The molecule has 47 heavy (non-hydrogen) atoms. The van der Waals surface area contributed by atoms with Crippen molar-refractivity contribution in [3.8, 4) is 0 Å². The van der Waals surface area contributed by atoms with Crippen molar-refractivity contribution in [3.63, 3.8) is 0 Å². The Kier molecular flexibility index (Phi) is 8.95. The lowest BCUT2D eigenvalue weighted by Gasteiger charge is -2.64. The van der Waals surface area contributed by atoms with Gasteiger partial charge in [-0.15, -0.1) is 0 Å². The van der Waals surface area contributed by atoms with Crippen LogP contribution >= 0.6 is 0 Å². The Bertz CT molecular complexity index is 1280. The van der Waals surface area contributed by atoms with Gasteiger partial charge in [-0.05, 0) is 112 Å². The van der Waals surface area contributed by atoms with Crippen LogP contribution in [0.2, 0.25) is 0 Å². The molecule has 3 heterocycles. The van der Waals surface area contributed by atoms with Crippen LogP contribution in [0.1, 0.15) is 98.8 Å². The maximum Gasteiger partial charge on any atom is 0.331 e. The molecule has 0 unspecified atom stereocenters. The zero-order chi connectivity index (χ0) is 33.3. The standard InChI is InChI=1S/C37H54O10/c1-20-29(39)8-9-32(43-20)47-34-21(2)44-33(18-30(34)45-22(3)38)46-25-10-13-35(4)24(17-25)6-7-28-27(35)11-14-36(5)26(12-15-37(28,36)41)23-16-31(40)42-19-23/h8-9,16,20-21,24-30,32-34,39,41H,6-7,10-15,17-19H2,1-5H3/t20-,21-,24-,25+,26-,27+,28-,29+,30+,32+,33+,34-,35+,36-,37+/m1/s1. The van der Waals surface area contributed by atoms with Crippen LogP contribution in [0.5, 0.6) is 0 Å². The number of ether oxygens (including phenoxy) is 6. The van der Waals surface area contributed by atoms with Crippen LogP contribution in [-0.4, -0.2) is 83.6 Å². The van der Waals surface area contributed by atoms with Crippen LogP contribution in [0.4, 0.5) is 0 Å². The third kappa shape index (κ3) is 5.82. The van der Waals surface area contributed by atoms with Gasteiger partial charge in [0.1, 0.15) is 18.8 Å². The molecule has 5 fully saturated rings. The topological polar surface area (TPSA) is 130 Å². The zero-order valence-electron chi connectivity index (χ0n) is 28.6. The average Bonchev–Trinajstić information content (AvgIpc) is 3.56. The third-order valence-electron chi connectivity index (χ3n) is 13.8. The lowest BCUT2D eigenvalue weighted by Crippen LogP contribution is -2.62. The lowest BCUT2D eigenvalue weighted by atomic mass is 9.43. The maximum absolute atomic E-state index is 12.5. The highest BCUT2D eigenvalue weighted by molar-refractivity contribution is 5.85. The number of esters is 2. The summed E-state index contributed by atoms with van der Waals surface area (Å²) < 4.78 is 36.0. The van der Waals surface area contributed by atoms with Crippen LogP contribution in [-0.2, 0) is 38.0 Å². The van der Waals surface area contributed by atoms with Crippen molar-refractivity contribution in [3.05, 3.63) is 23.8 Å². The molecular weight excluding hydrogens is 604 g/mol. The fraction of sp³-hybridized carbons (Fsp3) is 0.838. The summed E-state index contributed by atoms with van der Waals surface area (Å²) in [4.78, 5) is 24.0. The molecule has 0 aromatic heterocycles. The summed E-state index contributed by atoms with van der Waals surface area (Å²) in [6.45, 7) is 10.2. The van der Waals surface area contributed by atoms with Gasteiger partial charge < -0.3 is 38.6 Å². The monoisotopic (exact) mass is 658 g/mol. The van der Waals surface area contributed by atoms with Gasteiger partial charge in [0.05, 0.1) is 30.0 Å². The molecule has 0 bridgehead atoms. The molecule has 2 N–H and O–H groups in total. The minimum absolute atomic E-state index is 0.0452. The second kappa shape index (κ2) is 12.5. The van der Waals surface area contributed by atoms with Crippen LogP contribution in [0.25, 0.3) is 0 Å². The normalized spacial score (nSPS) is 51.0. The number of fused-ring (bicyclic) bond motifs is 5. The number of aliphatic hydroxyl groups is 2. The third-order valence-corrected chi connectivity index (χ3v) is 13.8. The summed E-state index contributed by atoms with van der Waals surface area (Å²) in [7, 11) is 0. The van der Waals surface area contributed by atoms with Gasteiger partial charge in [-0.3, -0.25) is 4.79 Å². The summed E-state index contributed by atoms with van der Waals surface area (Å²) in [6.07, 6.45) is 10.4. The van der Waals surface area contributed by atoms with Crippen LogP contribution in [0.3, 0.4) is 0 Å². The smallest absolute Gasteiger partial charge is 0.331 e. The van der Waals surface area contributed by atoms with Crippen molar-refractivity contribution in [2.75, 3.05) is 6.61 Å². The number of carbonyl (C=O) groups is 2. The van der Waals surface area contributed by atoms with E-state index in [0.717, 1.165) is 63.4 Å². The highest BCUT2D eigenvalue weighted by Crippen LogP contribution is 2.70. The van der Waals surface area contributed by atoms with Gasteiger partial charge in [0.15, 0.2) is 12.6 Å². The first-order chi connectivity index (χ1) is 22.3. The minimum Gasteiger partial charge on any atom is -0.459 e. The molecule has 3 aliphatic heterocycles. The first kappa shape index (κ1) is 33.7. The summed E-state index contributed by atoms with van der Waals surface area (Å²) in [5.41, 5.74) is 0.264. The maximum atomic E-state index is 12.5. The molecule has 7 rings (SSSR count). The van der Waals surface area contributed by atoms with Gasteiger partial charge in [0, 0.05) is 24.8 Å². The Morgan fingerprint density at radius 3 is 2.47 bits per heavy atom. The van der Waals surface area contributed by atoms with Crippen molar-refractivity contribution in [2.24, 2.45) is 34.5 Å². The van der Waals surface area contributed by atoms with E-state index in [-0.39, 0.29) is 40.7 Å². The first-order valence-electron chi connectivity index (χ1n) is 18.1. The summed E-state index contributed by atoms with van der Waals surface area (Å²) in [6, 6.07) is 0. The molecule has 0 amide bonds. The molecule has 10 nitrogen and oxygen atoms in total. The van der Waals surface area contributed by atoms with Crippen molar-refractivity contribution >= 4 is 11.9 Å². The largest absolute Gasteiger partial charge is 0.459 e. The zero-order valence-corrected chi connectivity index (χ0v) is 28.6. The van der Waals surface area contributed by atoms with Crippen LogP contribution < -0.4 is 0 Å². The molecule has 4 saturated carbocycles. The summed E-state index contributed by atoms with van der Waals surface area (Å²) in [5, 5.41) is 22.5. The number of hydrogen-bond donors (Lipinski definition) is 2. The summed E-state index contributed by atoms with van der Waals surface area (Å²) in [5.74, 6) is 0.812. The minimum atomic E-state index is -0.721. The molecule has 10 heteroatoms. The molecule has 0 aromatic rings. The van der Waals surface area contributed by atoms with E-state index in [4.69, 9.17) is 28.4 Å². The highest BCUT2D eigenvalue weighted by Gasteiger charge is 2.67. The lowest BCUT2D eigenvalue weighted by molar-refractivity contribution is -0.299. The molecule has 0 aromatic carbocycles. The van der Waals surface area contributed by atoms with E-state index in [1.165, 1.54) is 6.92 Å². The first-order valence-corrected chi connectivity index (χ1v) is 18.1. The molecule has 0 radical (unpaired) electrons. The molecule has 4 aliphatic carbocycles. The van der Waals surface area contributed by atoms with E-state index in [2.05, 4.69) is 13.8 Å². The fourth-order valence-corrected chi connectivity index (χ4v) is 11.3. The van der Waals surface area contributed by atoms with E-state index in [1.807, 2.05) is 6.92 Å². The van der Waals surface area contributed by atoms with Gasteiger partial charge in [0.25, 0.3) is 0 Å². The van der Waals surface area contributed by atoms with Gasteiger partial charge in [-0.2, -0.15) is 0 Å². The molecule has 15 atom stereocenters. The Labute approximate surface area is 278 Å². The molecule has 0 spiro atoms. The van der Waals surface area contributed by atoms with E-state index < -0.39 is 48.7 Å². The highest BCUT2D eigenvalue weighted by atomic mass is 16.7. The molecule has 7 aliphatic rings. The van der Waals surface area contributed by atoms with Crippen LogP contribution in [0, 0.1) is 34.5 Å². The molecule has 262 valence electrons. The number of cyclic esters (lactones) is 1. The fourth-order valence-electron chi connectivity index (χ4n) is 11.3. The predicted octanol–water partition coefficient (Wildman–Crippen LogP) is 4.74. The molecular formula is C37H54O10. The van der Waals surface area contributed by atoms with Gasteiger partial charge >= 0.3 is 11.9 Å². The number of aliphatic hydroxyl groups excluding tert-OH is 1. The number of carbonyl (C=O) groups excluding carboxylic acids is 2. The van der Waals surface area contributed by atoms with Crippen LogP contribution in [0.15, 0.2) is 23.8 Å². The predicted molar refractivity (Wildman–Crippen MR) is 169 cm³/mol. The van der Waals surface area contributed by atoms with Gasteiger partial charge in [-0.25, -0.2) is 4.79 Å². The second-order valence-corrected chi connectivity index (χ2v) is 16.2. The summed E-state index contributed by atoms with van der Waals surface area (Å²) >= 11 is 0. The Morgan fingerprint density at radius 1 is 0.936 bits per heavy atom. The van der Waals surface area contributed by atoms with E-state index >= 15 is 0 Å². The van der Waals surface area contributed by atoms with Crippen molar-refractivity contribution < 1.29 is 48.2 Å².